The topological polar surface area (TPSA) is 95.6 Å². The van der Waals surface area contributed by atoms with Gasteiger partial charge in [0.25, 0.3) is 0 Å². The number of aromatic nitrogens is 4. The highest BCUT2D eigenvalue weighted by Gasteiger charge is 2.21. The maximum atomic E-state index is 12.2. The van der Waals surface area contributed by atoms with Crippen LogP contribution in [-0.2, 0) is 12.8 Å². The molecule has 2 aromatic heterocycles. The molecule has 1 aliphatic rings. The van der Waals surface area contributed by atoms with Crippen LogP contribution in [0.5, 0.6) is 0 Å². The Morgan fingerprint density at radius 2 is 2.17 bits per heavy atom. The summed E-state index contributed by atoms with van der Waals surface area (Å²) in [5.74, 6) is 0. The van der Waals surface area contributed by atoms with Gasteiger partial charge in [-0.05, 0) is 48.5 Å². The zero-order chi connectivity index (χ0) is 16.4. The number of nitrogens with zero attached hydrogens (tertiary/aromatic N) is 3. The van der Waals surface area contributed by atoms with Crippen LogP contribution in [0, 0.1) is 0 Å². The fourth-order valence-corrected chi connectivity index (χ4v) is 3.37. The quantitative estimate of drug-likeness (QED) is 0.683. The van der Waals surface area contributed by atoms with Gasteiger partial charge in [0, 0.05) is 28.4 Å². The van der Waals surface area contributed by atoms with E-state index in [1.807, 2.05) is 35.8 Å². The minimum atomic E-state index is -0.185. The number of fused-ring (bicyclic) bond motifs is 1. The van der Waals surface area contributed by atoms with Gasteiger partial charge in [-0.2, -0.15) is 5.10 Å². The second-order valence-electron chi connectivity index (χ2n) is 5.78. The van der Waals surface area contributed by atoms with Crippen LogP contribution in [0.15, 0.2) is 35.8 Å². The first kappa shape index (κ1) is 14.8. The van der Waals surface area contributed by atoms with Gasteiger partial charge in [-0.25, -0.2) is 4.79 Å². The number of carbonyl (C=O) groups excluding carboxylic acids is 1. The van der Waals surface area contributed by atoms with E-state index in [1.165, 1.54) is 22.8 Å². The molecule has 0 spiro atoms. The third-order valence-corrected chi connectivity index (χ3v) is 4.66. The number of rotatable bonds is 3. The molecule has 1 aromatic carbocycles. The Kier molecular flexibility index (Phi) is 3.96. The van der Waals surface area contributed by atoms with Crippen molar-refractivity contribution in [3.63, 3.8) is 0 Å². The summed E-state index contributed by atoms with van der Waals surface area (Å²) in [5, 5.41) is 18.9. The second kappa shape index (κ2) is 6.40. The van der Waals surface area contributed by atoms with Crippen molar-refractivity contribution >= 4 is 23.3 Å². The summed E-state index contributed by atoms with van der Waals surface area (Å²) in [6.45, 7) is 0. The number of aryl methyl sites for hydroxylation is 1. The Balaban J connectivity index is 1.35. The standard InChI is InChI=1S/C16H16N6OS/c23-16(19-13-5-6-14-11(7-13)8-17-20-14)18-12-3-1-10(2-4-12)15-9-24-22-21-15/h1-4,8-9,13H,5-7H2,(H,17,20)(H2,18,19,23)/t13-/m1/s1. The highest BCUT2D eigenvalue weighted by Crippen LogP contribution is 2.21. The predicted octanol–water partition coefficient (Wildman–Crippen LogP) is 2.61. The summed E-state index contributed by atoms with van der Waals surface area (Å²) in [6, 6.07) is 7.52. The van der Waals surface area contributed by atoms with Crippen molar-refractivity contribution in [1.82, 2.24) is 25.1 Å². The molecule has 0 bridgehead atoms. The van der Waals surface area contributed by atoms with Crippen LogP contribution in [-0.4, -0.2) is 31.9 Å². The summed E-state index contributed by atoms with van der Waals surface area (Å²) >= 11 is 1.32. The lowest BCUT2D eigenvalue weighted by molar-refractivity contribution is 0.247. The molecule has 8 heteroatoms. The van der Waals surface area contributed by atoms with Crippen molar-refractivity contribution in [2.75, 3.05) is 5.32 Å². The monoisotopic (exact) mass is 340 g/mol. The van der Waals surface area contributed by atoms with E-state index in [2.05, 4.69) is 30.4 Å². The fourth-order valence-electron chi connectivity index (χ4n) is 2.91. The number of hydrogen-bond donors (Lipinski definition) is 3. The van der Waals surface area contributed by atoms with Crippen molar-refractivity contribution in [1.29, 1.82) is 0 Å². The number of carbonyl (C=O) groups is 1. The van der Waals surface area contributed by atoms with E-state index in [4.69, 9.17) is 0 Å². The second-order valence-corrected chi connectivity index (χ2v) is 6.39. The first-order chi connectivity index (χ1) is 11.8. The Morgan fingerprint density at radius 3 is 2.96 bits per heavy atom. The van der Waals surface area contributed by atoms with Crippen LogP contribution >= 0.6 is 11.5 Å². The summed E-state index contributed by atoms with van der Waals surface area (Å²) in [4.78, 5) is 12.2. The molecule has 0 radical (unpaired) electrons. The molecule has 2 heterocycles. The fraction of sp³-hybridized carbons (Fsp3) is 0.250. The number of H-pyrrole nitrogens is 1. The molecule has 122 valence electrons. The van der Waals surface area contributed by atoms with Gasteiger partial charge in [0.15, 0.2) is 0 Å². The average molecular weight is 340 g/mol. The molecule has 24 heavy (non-hydrogen) atoms. The number of nitrogens with one attached hydrogen (secondary N) is 3. The Morgan fingerprint density at radius 1 is 1.29 bits per heavy atom. The summed E-state index contributed by atoms with van der Waals surface area (Å²) < 4.78 is 3.85. The molecule has 1 aliphatic carbocycles. The number of anilines is 1. The highest BCUT2D eigenvalue weighted by atomic mass is 32.1. The normalized spacial score (nSPS) is 16.4. The molecular weight excluding hydrogens is 324 g/mol. The van der Waals surface area contributed by atoms with Crippen LogP contribution in [0.1, 0.15) is 17.7 Å². The lowest BCUT2D eigenvalue weighted by Crippen LogP contribution is -2.41. The van der Waals surface area contributed by atoms with E-state index in [1.54, 1.807) is 0 Å². The minimum Gasteiger partial charge on any atom is -0.335 e. The summed E-state index contributed by atoms with van der Waals surface area (Å²) in [6.07, 6.45) is 4.48. The maximum Gasteiger partial charge on any atom is 0.319 e. The molecule has 0 unspecified atom stereocenters. The van der Waals surface area contributed by atoms with Crippen LogP contribution in [0.4, 0.5) is 10.5 Å². The van der Waals surface area contributed by atoms with E-state index < -0.39 is 0 Å². The molecule has 2 amide bonds. The van der Waals surface area contributed by atoms with Gasteiger partial charge in [-0.1, -0.05) is 16.6 Å². The van der Waals surface area contributed by atoms with Crippen LogP contribution in [0.25, 0.3) is 11.3 Å². The lowest BCUT2D eigenvalue weighted by Gasteiger charge is -2.23. The molecule has 7 nitrogen and oxygen atoms in total. The average Bonchev–Trinajstić information content (AvgIpc) is 3.26. The molecule has 1 atom stereocenters. The zero-order valence-electron chi connectivity index (χ0n) is 12.8. The Bertz CT molecular complexity index is 827. The lowest BCUT2D eigenvalue weighted by atomic mass is 9.94. The van der Waals surface area contributed by atoms with Gasteiger partial charge in [0.1, 0.15) is 5.69 Å². The van der Waals surface area contributed by atoms with Crippen molar-refractivity contribution < 1.29 is 4.79 Å². The Hall–Kier alpha value is -2.74. The molecule has 3 N–H and O–H groups in total. The number of benzene rings is 1. The van der Waals surface area contributed by atoms with Crippen molar-refractivity contribution in [3.05, 3.63) is 47.1 Å². The van der Waals surface area contributed by atoms with Crippen molar-refractivity contribution in [2.24, 2.45) is 0 Å². The number of hydrogen-bond acceptors (Lipinski definition) is 5. The third kappa shape index (κ3) is 3.13. The maximum absolute atomic E-state index is 12.2. The van der Waals surface area contributed by atoms with Crippen LogP contribution in [0.3, 0.4) is 0 Å². The van der Waals surface area contributed by atoms with E-state index in [-0.39, 0.29) is 12.1 Å². The SMILES string of the molecule is O=C(Nc1ccc(-c2csnn2)cc1)N[C@@H]1CCc2[nH]ncc2C1. The molecule has 0 fully saturated rings. The number of urea groups is 1. The molecular formula is C16H16N6OS. The summed E-state index contributed by atoms with van der Waals surface area (Å²) in [7, 11) is 0. The summed E-state index contributed by atoms with van der Waals surface area (Å²) in [5.41, 5.74) is 4.94. The van der Waals surface area contributed by atoms with Gasteiger partial charge in [0.05, 0.1) is 6.20 Å². The molecule has 4 rings (SSSR count). The number of aromatic amines is 1. The van der Waals surface area contributed by atoms with Crippen molar-refractivity contribution in [2.45, 2.75) is 25.3 Å². The molecule has 3 aromatic rings. The molecule has 0 saturated carbocycles. The smallest absolute Gasteiger partial charge is 0.319 e. The minimum absolute atomic E-state index is 0.135. The van der Waals surface area contributed by atoms with Gasteiger partial charge >= 0.3 is 6.03 Å². The van der Waals surface area contributed by atoms with E-state index >= 15 is 0 Å². The third-order valence-electron chi connectivity index (χ3n) is 4.15. The van der Waals surface area contributed by atoms with Gasteiger partial charge in [-0.15, -0.1) is 5.10 Å². The molecule has 0 aliphatic heterocycles. The largest absolute Gasteiger partial charge is 0.335 e. The highest BCUT2D eigenvalue weighted by molar-refractivity contribution is 7.03. The predicted molar refractivity (Wildman–Crippen MR) is 91.9 cm³/mol. The molecule has 0 saturated heterocycles. The van der Waals surface area contributed by atoms with Gasteiger partial charge in [-0.3, -0.25) is 5.10 Å². The zero-order valence-corrected chi connectivity index (χ0v) is 13.6. The Labute approximate surface area is 142 Å². The first-order valence-corrected chi connectivity index (χ1v) is 8.58. The van der Waals surface area contributed by atoms with Crippen molar-refractivity contribution in [3.8, 4) is 11.3 Å². The van der Waals surface area contributed by atoms with Crippen LogP contribution < -0.4 is 10.6 Å². The van der Waals surface area contributed by atoms with E-state index in [0.29, 0.717) is 0 Å². The van der Waals surface area contributed by atoms with Gasteiger partial charge < -0.3 is 10.6 Å². The van der Waals surface area contributed by atoms with E-state index in [0.717, 1.165) is 36.2 Å². The van der Waals surface area contributed by atoms with E-state index in [9.17, 15) is 4.79 Å². The van der Waals surface area contributed by atoms with Crippen LogP contribution in [0.2, 0.25) is 0 Å². The first-order valence-electron chi connectivity index (χ1n) is 7.74. The van der Waals surface area contributed by atoms with Gasteiger partial charge in [0.2, 0.25) is 0 Å². The number of amides is 2.